The minimum absolute atomic E-state index is 0.816. The first-order valence-electron chi connectivity index (χ1n) is 6.89. The van der Waals surface area contributed by atoms with Gasteiger partial charge in [-0.15, -0.1) is 0 Å². The van der Waals surface area contributed by atoms with Crippen LogP contribution in [0.4, 0.5) is 0 Å². The molecule has 4 nitrogen and oxygen atoms in total. The Morgan fingerprint density at radius 1 is 0.818 bits per heavy atom. The average molecular weight is 304 g/mol. The summed E-state index contributed by atoms with van der Waals surface area (Å²) in [7, 11) is 0. The van der Waals surface area contributed by atoms with E-state index in [2.05, 4.69) is 14.9 Å². The van der Waals surface area contributed by atoms with Gasteiger partial charge in [0.2, 0.25) is 0 Å². The number of rotatable bonds is 2. The Hall–Kier alpha value is -2.66. The summed E-state index contributed by atoms with van der Waals surface area (Å²) in [6.07, 6.45) is 1.80. The Balaban J connectivity index is 1.84. The maximum absolute atomic E-state index is 4.79. The fourth-order valence-corrected chi connectivity index (χ4v) is 2.88. The van der Waals surface area contributed by atoms with E-state index in [4.69, 9.17) is 4.98 Å². The fourth-order valence-electron chi connectivity index (χ4n) is 2.32. The summed E-state index contributed by atoms with van der Waals surface area (Å²) >= 11 is 1.38. The Kier molecular flexibility index (Phi) is 3.33. The SMILES string of the molecule is c1ccc(C2=NNSc3ncc(-c4ccccc4)nc32)cc1. The first kappa shape index (κ1) is 13.0. The van der Waals surface area contributed by atoms with E-state index >= 15 is 0 Å². The summed E-state index contributed by atoms with van der Waals surface area (Å²) in [4.78, 5) is 12.3. The first-order chi connectivity index (χ1) is 10.9. The van der Waals surface area contributed by atoms with Crippen molar-refractivity contribution in [2.45, 2.75) is 5.03 Å². The van der Waals surface area contributed by atoms with Gasteiger partial charge in [-0.2, -0.15) is 5.10 Å². The maximum atomic E-state index is 4.79. The standard InChI is InChI=1S/C17H12N4S/c1-3-7-12(8-4-1)14-11-18-17-16(19-14)15(20-21-22-17)13-9-5-2-6-10-13/h1-11,21H. The van der Waals surface area contributed by atoms with E-state index in [1.807, 2.05) is 60.7 Å². The van der Waals surface area contributed by atoms with Gasteiger partial charge >= 0.3 is 0 Å². The smallest absolute Gasteiger partial charge is 0.146 e. The highest BCUT2D eigenvalue weighted by Crippen LogP contribution is 2.26. The molecule has 5 heteroatoms. The van der Waals surface area contributed by atoms with Crippen molar-refractivity contribution >= 4 is 17.7 Å². The van der Waals surface area contributed by atoms with Crippen LogP contribution < -0.4 is 4.83 Å². The van der Waals surface area contributed by atoms with Crippen molar-refractivity contribution in [3.63, 3.8) is 0 Å². The lowest BCUT2D eigenvalue weighted by Gasteiger charge is -2.16. The molecule has 0 spiro atoms. The zero-order valence-electron chi connectivity index (χ0n) is 11.6. The normalized spacial score (nSPS) is 13.0. The first-order valence-corrected chi connectivity index (χ1v) is 7.71. The van der Waals surface area contributed by atoms with Gasteiger partial charge in [0.25, 0.3) is 0 Å². The lowest BCUT2D eigenvalue weighted by atomic mass is 10.1. The third-order valence-corrected chi connectivity index (χ3v) is 4.05. The second-order valence-corrected chi connectivity index (χ2v) is 5.57. The van der Waals surface area contributed by atoms with E-state index in [0.717, 1.165) is 33.3 Å². The highest BCUT2D eigenvalue weighted by molar-refractivity contribution is 7.97. The van der Waals surface area contributed by atoms with Crippen LogP contribution in [0, 0.1) is 0 Å². The molecule has 1 aliphatic rings. The number of hydrogen-bond donors (Lipinski definition) is 1. The molecule has 0 amide bonds. The van der Waals surface area contributed by atoms with Crippen LogP contribution in [-0.2, 0) is 0 Å². The molecule has 0 fully saturated rings. The summed E-state index contributed by atoms with van der Waals surface area (Å²) in [6.45, 7) is 0. The van der Waals surface area contributed by atoms with E-state index in [-0.39, 0.29) is 0 Å². The zero-order valence-corrected chi connectivity index (χ0v) is 12.4. The summed E-state index contributed by atoms with van der Waals surface area (Å²) < 4.78 is 0. The Bertz CT molecular complexity index is 832. The van der Waals surface area contributed by atoms with Gasteiger partial charge in [-0.05, 0) is 0 Å². The molecule has 1 N–H and O–H groups in total. The van der Waals surface area contributed by atoms with Gasteiger partial charge in [0.15, 0.2) is 0 Å². The third kappa shape index (κ3) is 2.35. The monoisotopic (exact) mass is 304 g/mol. The predicted octanol–water partition coefficient (Wildman–Crippen LogP) is 3.51. The maximum Gasteiger partial charge on any atom is 0.146 e. The molecule has 2 heterocycles. The van der Waals surface area contributed by atoms with Crippen LogP contribution in [0.2, 0.25) is 0 Å². The highest BCUT2D eigenvalue weighted by Gasteiger charge is 2.20. The van der Waals surface area contributed by atoms with E-state index in [1.54, 1.807) is 6.20 Å². The van der Waals surface area contributed by atoms with Crippen molar-refractivity contribution in [2.24, 2.45) is 5.10 Å². The Morgan fingerprint density at radius 2 is 1.50 bits per heavy atom. The second-order valence-electron chi connectivity index (χ2n) is 4.79. The number of nitrogens with zero attached hydrogens (tertiary/aromatic N) is 3. The molecule has 1 aromatic heterocycles. The predicted molar refractivity (Wildman–Crippen MR) is 88.5 cm³/mol. The van der Waals surface area contributed by atoms with Crippen LogP contribution in [0.5, 0.6) is 0 Å². The highest BCUT2D eigenvalue weighted by atomic mass is 32.2. The minimum Gasteiger partial charge on any atom is -0.245 e. The van der Waals surface area contributed by atoms with Gasteiger partial charge in [-0.25, -0.2) is 14.8 Å². The molecule has 4 rings (SSSR count). The van der Waals surface area contributed by atoms with Gasteiger partial charge in [0.05, 0.1) is 11.9 Å². The quantitative estimate of drug-likeness (QED) is 0.736. The molecule has 0 saturated carbocycles. The summed E-state index contributed by atoms with van der Waals surface area (Å²) in [5.41, 5.74) is 4.56. The molecule has 2 aromatic carbocycles. The topological polar surface area (TPSA) is 50.2 Å². The summed E-state index contributed by atoms with van der Waals surface area (Å²) in [6, 6.07) is 20.1. The van der Waals surface area contributed by atoms with E-state index in [1.165, 1.54) is 11.9 Å². The number of hydrogen-bond acceptors (Lipinski definition) is 5. The van der Waals surface area contributed by atoms with Crippen LogP contribution in [-0.4, -0.2) is 15.7 Å². The van der Waals surface area contributed by atoms with E-state index in [9.17, 15) is 0 Å². The molecule has 22 heavy (non-hydrogen) atoms. The molecule has 0 unspecified atom stereocenters. The van der Waals surface area contributed by atoms with Crippen LogP contribution in [0.15, 0.2) is 77.0 Å². The molecule has 0 saturated heterocycles. The van der Waals surface area contributed by atoms with Crippen LogP contribution in [0.3, 0.4) is 0 Å². The molecule has 0 bridgehead atoms. The van der Waals surface area contributed by atoms with Crippen molar-refractivity contribution in [2.75, 3.05) is 0 Å². The lowest BCUT2D eigenvalue weighted by Crippen LogP contribution is -2.17. The third-order valence-electron chi connectivity index (χ3n) is 3.38. The largest absolute Gasteiger partial charge is 0.245 e. The minimum atomic E-state index is 0.816. The van der Waals surface area contributed by atoms with Crippen molar-refractivity contribution in [1.82, 2.24) is 14.8 Å². The van der Waals surface area contributed by atoms with Crippen LogP contribution >= 0.6 is 11.9 Å². The Morgan fingerprint density at radius 3 is 2.23 bits per heavy atom. The molecule has 0 radical (unpaired) electrons. The number of hydrazone groups is 1. The Labute approximate surface area is 132 Å². The van der Waals surface area contributed by atoms with Crippen molar-refractivity contribution in [3.05, 3.63) is 78.1 Å². The van der Waals surface area contributed by atoms with Crippen LogP contribution in [0.25, 0.3) is 11.3 Å². The van der Waals surface area contributed by atoms with Gasteiger partial charge in [0, 0.05) is 23.1 Å². The summed E-state index contributed by atoms with van der Waals surface area (Å²) in [5.74, 6) is 0. The summed E-state index contributed by atoms with van der Waals surface area (Å²) in [5, 5.41) is 5.24. The van der Waals surface area contributed by atoms with Gasteiger partial charge in [-0.1, -0.05) is 60.7 Å². The zero-order chi connectivity index (χ0) is 14.8. The van der Waals surface area contributed by atoms with Crippen molar-refractivity contribution < 1.29 is 0 Å². The van der Waals surface area contributed by atoms with E-state index < -0.39 is 0 Å². The number of fused-ring (bicyclic) bond motifs is 1. The molecule has 1 aliphatic heterocycles. The van der Waals surface area contributed by atoms with Gasteiger partial charge in [-0.3, -0.25) is 0 Å². The second kappa shape index (κ2) is 5.61. The molecular formula is C17H12N4S. The molecule has 106 valence electrons. The lowest BCUT2D eigenvalue weighted by molar-refractivity contribution is 0.983. The van der Waals surface area contributed by atoms with Crippen molar-refractivity contribution in [1.29, 1.82) is 0 Å². The molecule has 3 aromatic rings. The number of nitrogens with one attached hydrogen (secondary N) is 1. The fraction of sp³-hybridized carbons (Fsp3) is 0. The molecule has 0 aliphatic carbocycles. The average Bonchev–Trinajstić information content (AvgIpc) is 2.62. The molecule has 0 atom stereocenters. The van der Waals surface area contributed by atoms with E-state index in [0.29, 0.717) is 0 Å². The number of benzene rings is 2. The van der Waals surface area contributed by atoms with Gasteiger partial charge in [0.1, 0.15) is 16.4 Å². The van der Waals surface area contributed by atoms with Gasteiger partial charge < -0.3 is 0 Å². The van der Waals surface area contributed by atoms with Crippen LogP contribution in [0.1, 0.15) is 11.3 Å². The van der Waals surface area contributed by atoms with Crippen molar-refractivity contribution in [3.8, 4) is 11.3 Å². The number of aromatic nitrogens is 2. The molecular weight excluding hydrogens is 292 g/mol.